The minimum absolute atomic E-state index is 0.580. The fourth-order valence-corrected chi connectivity index (χ4v) is 2.49. The van der Waals surface area contributed by atoms with Gasteiger partial charge in [-0.3, -0.25) is 4.90 Å². The Hall–Kier alpha value is -1.22. The van der Waals surface area contributed by atoms with Crippen molar-refractivity contribution in [3.63, 3.8) is 0 Å². The maximum Gasteiger partial charge on any atom is 0.0604 e. The zero-order chi connectivity index (χ0) is 12.3. The van der Waals surface area contributed by atoms with E-state index in [0.29, 0.717) is 6.04 Å². The van der Waals surface area contributed by atoms with Gasteiger partial charge in [0.05, 0.1) is 11.4 Å². The van der Waals surface area contributed by atoms with Crippen molar-refractivity contribution in [3.8, 4) is 0 Å². The lowest BCUT2D eigenvalue weighted by molar-refractivity contribution is 0.269. The summed E-state index contributed by atoms with van der Waals surface area (Å²) in [4.78, 5) is 2.54. The van der Waals surface area contributed by atoms with Crippen molar-refractivity contribution in [1.29, 1.82) is 0 Å². The van der Waals surface area contributed by atoms with E-state index in [4.69, 9.17) is 5.73 Å². The van der Waals surface area contributed by atoms with Crippen LogP contribution in [-0.4, -0.2) is 30.6 Å². The Morgan fingerprint density at radius 1 is 1.35 bits per heavy atom. The Kier molecular flexibility index (Phi) is 3.89. The number of hydrogen-bond donors (Lipinski definition) is 2. The Morgan fingerprint density at radius 2 is 2.06 bits per heavy atom. The van der Waals surface area contributed by atoms with Gasteiger partial charge in [-0.05, 0) is 51.4 Å². The number of benzene rings is 1. The standard InChI is InChI=1S/C14H23N3/c1-11-6-5-7-13(15)14(11)16-10-12(2)17-8-3-4-9-17/h5-7,12,16H,3-4,8-10,15H2,1-2H3. The third kappa shape index (κ3) is 2.91. The maximum absolute atomic E-state index is 5.98. The minimum Gasteiger partial charge on any atom is -0.397 e. The van der Waals surface area contributed by atoms with Crippen molar-refractivity contribution in [2.75, 3.05) is 30.7 Å². The molecule has 0 amide bonds. The number of nitrogen functional groups attached to an aromatic ring is 1. The Bertz CT molecular complexity index is 349. The largest absolute Gasteiger partial charge is 0.397 e. The third-order valence-corrected chi connectivity index (χ3v) is 3.64. The Morgan fingerprint density at radius 3 is 2.71 bits per heavy atom. The van der Waals surface area contributed by atoms with Crippen molar-refractivity contribution in [1.82, 2.24) is 4.90 Å². The Balaban J connectivity index is 1.92. The van der Waals surface area contributed by atoms with E-state index >= 15 is 0 Å². The molecule has 1 unspecified atom stereocenters. The van der Waals surface area contributed by atoms with Crippen LogP contribution in [0.4, 0.5) is 11.4 Å². The van der Waals surface area contributed by atoms with Gasteiger partial charge in [-0.1, -0.05) is 12.1 Å². The number of nitrogens with two attached hydrogens (primary N) is 1. The SMILES string of the molecule is Cc1cccc(N)c1NCC(C)N1CCCC1. The first-order valence-corrected chi connectivity index (χ1v) is 6.51. The summed E-state index contributed by atoms with van der Waals surface area (Å²) in [6.45, 7) is 7.83. The second-order valence-corrected chi connectivity index (χ2v) is 5.01. The van der Waals surface area contributed by atoms with Gasteiger partial charge in [-0.15, -0.1) is 0 Å². The average molecular weight is 233 g/mol. The topological polar surface area (TPSA) is 41.3 Å². The molecular weight excluding hydrogens is 210 g/mol. The zero-order valence-electron chi connectivity index (χ0n) is 10.9. The van der Waals surface area contributed by atoms with E-state index in [0.717, 1.165) is 17.9 Å². The molecule has 1 atom stereocenters. The smallest absolute Gasteiger partial charge is 0.0604 e. The molecule has 2 rings (SSSR count). The first-order valence-electron chi connectivity index (χ1n) is 6.51. The van der Waals surface area contributed by atoms with Crippen molar-refractivity contribution < 1.29 is 0 Å². The van der Waals surface area contributed by atoms with Crippen LogP contribution in [-0.2, 0) is 0 Å². The number of hydrogen-bond acceptors (Lipinski definition) is 3. The molecule has 0 bridgehead atoms. The molecule has 1 aliphatic heterocycles. The summed E-state index contributed by atoms with van der Waals surface area (Å²) in [5.41, 5.74) is 9.15. The normalized spacial score (nSPS) is 18.2. The molecule has 0 aromatic heterocycles. The highest BCUT2D eigenvalue weighted by molar-refractivity contribution is 5.69. The summed E-state index contributed by atoms with van der Waals surface area (Å²) in [5.74, 6) is 0. The fraction of sp³-hybridized carbons (Fsp3) is 0.571. The van der Waals surface area contributed by atoms with Gasteiger partial charge >= 0.3 is 0 Å². The van der Waals surface area contributed by atoms with Crippen LogP contribution in [0.3, 0.4) is 0 Å². The number of nitrogens with one attached hydrogen (secondary N) is 1. The molecule has 1 aliphatic rings. The van der Waals surface area contributed by atoms with E-state index in [9.17, 15) is 0 Å². The van der Waals surface area contributed by atoms with E-state index in [-0.39, 0.29) is 0 Å². The van der Waals surface area contributed by atoms with E-state index in [1.54, 1.807) is 0 Å². The highest BCUT2D eigenvalue weighted by Gasteiger charge is 2.17. The summed E-state index contributed by atoms with van der Waals surface area (Å²) in [6, 6.07) is 6.63. The molecule has 0 spiro atoms. The molecule has 1 fully saturated rings. The highest BCUT2D eigenvalue weighted by Crippen LogP contribution is 2.22. The van der Waals surface area contributed by atoms with Gasteiger partial charge < -0.3 is 11.1 Å². The van der Waals surface area contributed by atoms with Crippen molar-refractivity contribution in [3.05, 3.63) is 23.8 Å². The molecule has 1 aromatic carbocycles. The van der Waals surface area contributed by atoms with Crippen molar-refractivity contribution >= 4 is 11.4 Å². The summed E-state index contributed by atoms with van der Waals surface area (Å²) < 4.78 is 0. The molecule has 1 saturated heterocycles. The molecule has 17 heavy (non-hydrogen) atoms. The van der Waals surface area contributed by atoms with Gasteiger partial charge in [0.2, 0.25) is 0 Å². The quantitative estimate of drug-likeness (QED) is 0.785. The van der Waals surface area contributed by atoms with E-state index < -0.39 is 0 Å². The molecule has 0 aliphatic carbocycles. The van der Waals surface area contributed by atoms with Crippen molar-refractivity contribution in [2.24, 2.45) is 0 Å². The van der Waals surface area contributed by atoms with Gasteiger partial charge in [0.25, 0.3) is 0 Å². The zero-order valence-corrected chi connectivity index (χ0v) is 10.9. The molecule has 1 aromatic rings. The fourth-order valence-electron chi connectivity index (χ4n) is 2.49. The summed E-state index contributed by atoms with van der Waals surface area (Å²) >= 11 is 0. The summed E-state index contributed by atoms with van der Waals surface area (Å²) in [7, 11) is 0. The summed E-state index contributed by atoms with van der Waals surface area (Å²) in [6.07, 6.45) is 2.69. The maximum atomic E-state index is 5.98. The van der Waals surface area contributed by atoms with Gasteiger partial charge in [0, 0.05) is 12.6 Å². The molecular formula is C14H23N3. The van der Waals surface area contributed by atoms with E-state index in [1.165, 1.54) is 31.5 Å². The van der Waals surface area contributed by atoms with Crippen LogP contribution in [0.5, 0.6) is 0 Å². The summed E-state index contributed by atoms with van der Waals surface area (Å²) in [5, 5.41) is 3.49. The van der Waals surface area contributed by atoms with Crippen LogP contribution >= 0.6 is 0 Å². The highest BCUT2D eigenvalue weighted by atomic mass is 15.2. The van der Waals surface area contributed by atoms with Gasteiger partial charge in [0.15, 0.2) is 0 Å². The van der Waals surface area contributed by atoms with Crippen LogP contribution in [0, 0.1) is 6.92 Å². The minimum atomic E-state index is 0.580. The van der Waals surface area contributed by atoms with E-state index in [2.05, 4.69) is 30.1 Å². The average Bonchev–Trinajstić information content (AvgIpc) is 2.81. The third-order valence-electron chi connectivity index (χ3n) is 3.64. The molecule has 3 N–H and O–H groups in total. The monoisotopic (exact) mass is 233 g/mol. The molecule has 0 saturated carbocycles. The van der Waals surface area contributed by atoms with Gasteiger partial charge in [-0.2, -0.15) is 0 Å². The van der Waals surface area contributed by atoms with Gasteiger partial charge in [0.1, 0.15) is 0 Å². The number of para-hydroxylation sites is 1. The number of rotatable bonds is 4. The number of likely N-dealkylation sites (tertiary alicyclic amines) is 1. The molecule has 3 nitrogen and oxygen atoms in total. The van der Waals surface area contributed by atoms with Crippen LogP contribution < -0.4 is 11.1 Å². The molecule has 94 valence electrons. The number of nitrogens with zero attached hydrogens (tertiary/aromatic N) is 1. The second kappa shape index (κ2) is 5.41. The number of anilines is 2. The molecule has 0 radical (unpaired) electrons. The lowest BCUT2D eigenvalue weighted by Gasteiger charge is -2.25. The predicted octanol–water partition coefficient (Wildman–Crippen LogP) is 2.47. The van der Waals surface area contributed by atoms with Crippen molar-refractivity contribution in [2.45, 2.75) is 32.7 Å². The second-order valence-electron chi connectivity index (χ2n) is 5.01. The lowest BCUT2D eigenvalue weighted by atomic mass is 10.1. The Labute approximate surface area is 104 Å². The van der Waals surface area contributed by atoms with Crippen LogP contribution in [0.1, 0.15) is 25.3 Å². The lowest BCUT2D eigenvalue weighted by Crippen LogP contribution is -2.35. The number of aryl methyl sites for hydroxylation is 1. The van der Waals surface area contributed by atoms with Crippen LogP contribution in [0.25, 0.3) is 0 Å². The van der Waals surface area contributed by atoms with Crippen LogP contribution in [0.2, 0.25) is 0 Å². The molecule has 3 heteroatoms. The first kappa shape index (κ1) is 12.2. The van der Waals surface area contributed by atoms with E-state index in [1.807, 2.05) is 12.1 Å². The van der Waals surface area contributed by atoms with Gasteiger partial charge in [-0.25, -0.2) is 0 Å². The predicted molar refractivity (Wildman–Crippen MR) is 74.4 cm³/mol. The van der Waals surface area contributed by atoms with Crippen LogP contribution in [0.15, 0.2) is 18.2 Å². The first-order chi connectivity index (χ1) is 8.18. The molecule has 1 heterocycles.